The Kier molecular flexibility index (Phi) is 4.59. The zero-order chi connectivity index (χ0) is 19.2. The van der Waals surface area contributed by atoms with Crippen molar-refractivity contribution in [2.24, 2.45) is 0 Å². The third-order valence-corrected chi connectivity index (χ3v) is 6.67. The summed E-state index contributed by atoms with van der Waals surface area (Å²) < 4.78 is 33.1. The van der Waals surface area contributed by atoms with Crippen molar-refractivity contribution in [2.45, 2.75) is 49.6 Å². The number of cyclic esters (lactones) is 1. The van der Waals surface area contributed by atoms with Gasteiger partial charge in [0.05, 0.1) is 11.4 Å². The van der Waals surface area contributed by atoms with Gasteiger partial charge in [-0.05, 0) is 49.4 Å². The molecule has 1 aliphatic carbocycles. The van der Waals surface area contributed by atoms with Crippen molar-refractivity contribution in [1.82, 2.24) is 9.62 Å². The number of anilines is 1. The molecule has 1 atom stereocenters. The Morgan fingerprint density at radius 2 is 2.11 bits per heavy atom. The van der Waals surface area contributed by atoms with Gasteiger partial charge in [-0.3, -0.25) is 4.79 Å². The smallest absolute Gasteiger partial charge is 0.410 e. The number of carbonyl (C=O) groups is 2. The molecule has 4 rings (SSSR count). The summed E-state index contributed by atoms with van der Waals surface area (Å²) in [6.45, 7) is 2.63. The van der Waals surface area contributed by atoms with Gasteiger partial charge in [-0.2, -0.15) is 0 Å². The molecule has 9 heteroatoms. The maximum absolute atomic E-state index is 12.7. The fraction of sp³-hybridized carbons (Fsp3) is 0.556. The molecule has 27 heavy (non-hydrogen) atoms. The molecule has 1 aromatic rings. The van der Waals surface area contributed by atoms with Crippen LogP contribution in [0.1, 0.15) is 31.7 Å². The van der Waals surface area contributed by atoms with Crippen molar-refractivity contribution < 1.29 is 22.7 Å². The van der Waals surface area contributed by atoms with E-state index in [0.29, 0.717) is 13.1 Å². The molecule has 2 amide bonds. The number of hydrogen-bond donors (Lipinski definition) is 1. The Morgan fingerprint density at radius 1 is 1.33 bits per heavy atom. The molecule has 1 saturated carbocycles. The number of sulfonamides is 1. The SMILES string of the molecule is CC(=O)N1CCCc2cc(S(=O)(=O)NCC3CN(C4CC4)C(=O)O3)ccc21. The van der Waals surface area contributed by atoms with Crippen LogP contribution in [0, 0.1) is 0 Å². The summed E-state index contributed by atoms with van der Waals surface area (Å²) in [6.07, 6.45) is 2.68. The zero-order valence-electron chi connectivity index (χ0n) is 15.2. The molecule has 2 aliphatic heterocycles. The number of rotatable bonds is 5. The van der Waals surface area contributed by atoms with Crippen molar-refractivity contribution in [3.8, 4) is 0 Å². The zero-order valence-corrected chi connectivity index (χ0v) is 16.0. The average molecular weight is 393 g/mol. The lowest BCUT2D eigenvalue weighted by Crippen LogP contribution is -2.35. The number of fused-ring (bicyclic) bond motifs is 1. The fourth-order valence-corrected chi connectivity index (χ4v) is 4.80. The second-order valence-electron chi connectivity index (χ2n) is 7.31. The molecule has 8 nitrogen and oxygen atoms in total. The molecule has 0 aromatic heterocycles. The van der Waals surface area contributed by atoms with Crippen molar-refractivity contribution in [1.29, 1.82) is 0 Å². The van der Waals surface area contributed by atoms with Gasteiger partial charge >= 0.3 is 6.09 Å². The second kappa shape index (κ2) is 6.79. The minimum Gasteiger partial charge on any atom is -0.443 e. The number of hydrogen-bond acceptors (Lipinski definition) is 5. The first-order valence-corrected chi connectivity index (χ1v) is 10.7. The van der Waals surface area contributed by atoms with Crippen LogP contribution >= 0.6 is 0 Å². The molecule has 1 N–H and O–H groups in total. The Morgan fingerprint density at radius 3 is 2.81 bits per heavy atom. The highest BCUT2D eigenvalue weighted by atomic mass is 32.2. The number of benzene rings is 1. The summed E-state index contributed by atoms with van der Waals surface area (Å²) in [5, 5.41) is 0. The number of amides is 2. The van der Waals surface area contributed by atoms with Crippen LogP contribution in [0.5, 0.6) is 0 Å². The van der Waals surface area contributed by atoms with Gasteiger partial charge in [-0.1, -0.05) is 0 Å². The monoisotopic (exact) mass is 393 g/mol. The third-order valence-electron chi connectivity index (χ3n) is 5.25. The van der Waals surface area contributed by atoms with Crippen molar-refractivity contribution in [3.63, 3.8) is 0 Å². The van der Waals surface area contributed by atoms with E-state index in [1.807, 2.05) is 0 Å². The van der Waals surface area contributed by atoms with Crippen molar-refractivity contribution in [3.05, 3.63) is 23.8 Å². The largest absolute Gasteiger partial charge is 0.443 e. The molecule has 0 spiro atoms. The van der Waals surface area contributed by atoms with Gasteiger partial charge in [-0.25, -0.2) is 17.9 Å². The van der Waals surface area contributed by atoms with Gasteiger partial charge in [0.15, 0.2) is 0 Å². The van der Waals surface area contributed by atoms with E-state index in [4.69, 9.17) is 4.74 Å². The normalized spacial score (nSPS) is 22.6. The summed E-state index contributed by atoms with van der Waals surface area (Å²) in [6, 6.07) is 5.09. The van der Waals surface area contributed by atoms with Gasteiger partial charge < -0.3 is 14.5 Å². The lowest BCUT2D eigenvalue weighted by molar-refractivity contribution is -0.116. The molecule has 2 heterocycles. The number of carbonyl (C=O) groups excluding carboxylic acids is 2. The lowest BCUT2D eigenvalue weighted by atomic mass is 10.0. The van der Waals surface area contributed by atoms with Gasteiger partial charge in [0.2, 0.25) is 15.9 Å². The van der Waals surface area contributed by atoms with Crippen molar-refractivity contribution in [2.75, 3.05) is 24.5 Å². The highest BCUT2D eigenvalue weighted by Crippen LogP contribution is 2.31. The van der Waals surface area contributed by atoms with Crippen LogP contribution in [0.4, 0.5) is 10.5 Å². The molecule has 1 saturated heterocycles. The van der Waals surface area contributed by atoms with E-state index in [-0.39, 0.29) is 29.5 Å². The molecular weight excluding hydrogens is 370 g/mol. The van der Waals surface area contributed by atoms with Gasteiger partial charge in [-0.15, -0.1) is 0 Å². The number of ether oxygens (including phenoxy) is 1. The summed E-state index contributed by atoms with van der Waals surface area (Å²) in [7, 11) is -3.72. The topological polar surface area (TPSA) is 96.0 Å². The van der Waals surface area contributed by atoms with E-state index in [2.05, 4.69) is 4.72 Å². The number of nitrogens with one attached hydrogen (secondary N) is 1. The predicted molar refractivity (Wildman–Crippen MR) is 98.0 cm³/mol. The average Bonchev–Trinajstić information content (AvgIpc) is 3.41. The van der Waals surface area contributed by atoms with E-state index in [9.17, 15) is 18.0 Å². The lowest BCUT2D eigenvalue weighted by Gasteiger charge is -2.28. The molecule has 2 fully saturated rings. The van der Waals surface area contributed by atoms with Crippen LogP contribution in [-0.2, 0) is 26.0 Å². The Labute approximate surface area is 158 Å². The second-order valence-corrected chi connectivity index (χ2v) is 9.07. The van der Waals surface area contributed by atoms with Gasteiger partial charge in [0.25, 0.3) is 0 Å². The molecular formula is C18H23N3O5S. The van der Waals surface area contributed by atoms with E-state index in [0.717, 1.165) is 36.9 Å². The maximum atomic E-state index is 12.7. The Balaban J connectivity index is 1.44. The standard InChI is InChI=1S/C18H23N3O5S/c1-12(22)20-8-2-3-13-9-16(6-7-17(13)20)27(24,25)19-10-15-11-21(14-4-5-14)18(23)26-15/h6-7,9,14-15,19H,2-5,8,10-11H2,1H3. The molecule has 0 radical (unpaired) electrons. The molecule has 1 unspecified atom stereocenters. The number of aryl methyl sites for hydroxylation is 1. The fourth-order valence-electron chi connectivity index (χ4n) is 3.69. The van der Waals surface area contributed by atoms with Crippen LogP contribution in [-0.4, -0.2) is 57.1 Å². The van der Waals surface area contributed by atoms with Gasteiger partial charge in [0.1, 0.15) is 6.10 Å². The maximum Gasteiger partial charge on any atom is 0.410 e. The molecule has 0 bridgehead atoms. The van der Waals surface area contributed by atoms with Crippen LogP contribution in [0.3, 0.4) is 0 Å². The highest BCUT2D eigenvalue weighted by Gasteiger charge is 2.41. The minimum atomic E-state index is -3.72. The first-order valence-electron chi connectivity index (χ1n) is 9.23. The van der Waals surface area contributed by atoms with Crippen LogP contribution in [0.25, 0.3) is 0 Å². The quantitative estimate of drug-likeness (QED) is 0.812. The van der Waals surface area contributed by atoms with Gasteiger partial charge in [0, 0.05) is 31.7 Å². The van der Waals surface area contributed by atoms with E-state index in [1.165, 1.54) is 13.0 Å². The molecule has 146 valence electrons. The van der Waals surface area contributed by atoms with Crippen molar-refractivity contribution >= 4 is 27.7 Å². The minimum absolute atomic E-state index is 0.0482. The highest BCUT2D eigenvalue weighted by molar-refractivity contribution is 7.89. The van der Waals surface area contributed by atoms with E-state index in [1.54, 1.807) is 21.9 Å². The summed E-state index contributed by atoms with van der Waals surface area (Å²) in [5.74, 6) is -0.0482. The van der Waals surface area contributed by atoms with Crippen LogP contribution < -0.4 is 9.62 Å². The molecule has 3 aliphatic rings. The summed E-state index contributed by atoms with van der Waals surface area (Å²) in [4.78, 5) is 27.1. The first-order chi connectivity index (χ1) is 12.8. The van der Waals surface area contributed by atoms with Crippen LogP contribution in [0.15, 0.2) is 23.1 Å². The summed E-state index contributed by atoms with van der Waals surface area (Å²) in [5.41, 5.74) is 1.63. The predicted octanol–water partition coefficient (Wildman–Crippen LogP) is 1.25. The Bertz CT molecular complexity index is 881. The van der Waals surface area contributed by atoms with E-state index >= 15 is 0 Å². The van der Waals surface area contributed by atoms with E-state index < -0.39 is 16.1 Å². The Hall–Kier alpha value is -2.13. The number of nitrogens with zero attached hydrogens (tertiary/aromatic N) is 2. The molecule has 1 aromatic carbocycles. The third kappa shape index (κ3) is 3.66. The van der Waals surface area contributed by atoms with Crippen LogP contribution in [0.2, 0.25) is 0 Å². The summed E-state index contributed by atoms with van der Waals surface area (Å²) >= 11 is 0. The first kappa shape index (κ1) is 18.2.